The van der Waals surface area contributed by atoms with E-state index in [0.29, 0.717) is 18.1 Å². The van der Waals surface area contributed by atoms with Crippen LogP contribution in [0.3, 0.4) is 0 Å². The van der Waals surface area contributed by atoms with Gasteiger partial charge in [-0.05, 0) is 31.1 Å². The summed E-state index contributed by atoms with van der Waals surface area (Å²) >= 11 is 0. The number of ether oxygens (including phenoxy) is 1. The maximum atomic E-state index is 10.2. The van der Waals surface area contributed by atoms with Gasteiger partial charge in [-0.25, -0.2) is 4.98 Å². The van der Waals surface area contributed by atoms with Gasteiger partial charge in [-0.15, -0.1) is 0 Å². The van der Waals surface area contributed by atoms with E-state index in [1.807, 2.05) is 30.3 Å². The van der Waals surface area contributed by atoms with E-state index in [0.717, 1.165) is 23.9 Å². The van der Waals surface area contributed by atoms with E-state index in [9.17, 15) is 5.11 Å². The molecule has 0 aliphatic carbocycles. The third-order valence-corrected chi connectivity index (χ3v) is 2.98. The lowest BCUT2D eigenvalue weighted by Gasteiger charge is -2.19. The molecule has 18 heavy (non-hydrogen) atoms. The van der Waals surface area contributed by atoms with Gasteiger partial charge in [0.2, 0.25) is 0 Å². The van der Waals surface area contributed by atoms with E-state index >= 15 is 0 Å². The standard InChI is InChI=1S/C14H14N2O2/c17-14(13-7-3-4-8-18-13)12-9-15-10-5-1-2-6-11(10)16-12/h1-2,5-7,9,14,17H,3-4,8H2. The Balaban J connectivity index is 1.96. The summed E-state index contributed by atoms with van der Waals surface area (Å²) in [5.74, 6) is 0.589. The molecule has 1 atom stereocenters. The van der Waals surface area contributed by atoms with E-state index < -0.39 is 6.10 Å². The Labute approximate surface area is 105 Å². The first-order chi connectivity index (χ1) is 8.84. The molecule has 92 valence electrons. The number of para-hydroxylation sites is 2. The highest BCUT2D eigenvalue weighted by Gasteiger charge is 2.19. The molecule has 1 aliphatic rings. The van der Waals surface area contributed by atoms with Crippen LogP contribution >= 0.6 is 0 Å². The van der Waals surface area contributed by atoms with Crippen LogP contribution in [0.4, 0.5) is 0 Å². The Morgan fingerprint density at radius 3 is 2.83 bits per heavy atom. The number of rotatable bonds is 2. The second-order valence-electron chi connectivity index (χ2n) is 4.28. The van der Waals surface area contributed by atoms with Gasteiger partial charge >= 0.3 is 0 Å². The van der Waals surface area contributed by atoms with Crippen LogP contribution in [-0.2, 0) is 4.74 Å². The highest BCUT2D eigenvalue weighted by Crippen LogP contribution is 2.25. The molecule has 2 aromatic rings. The van der Waals surface area contributed by atoms with Crippen LogP contribution in [-0.4, -0.2) is 21.7 Å². The fourth-order valence-electron chi connectivity index (χ4n) is 2.02. The molecule has 0 fully saturated rings. The lowest BCUT2D eigenvalue weighted by atomic mass is 10.1. The number of nitrogens with zero attached hydrogens (tertiary/aromatic N) is 2. The Hall–Kier alpha value is -1.94. The maximum absolute atomic E-state index is 10.2. The van der Waals surface area contributed by atoms with Crippen molar-refractivity contribution in [1.82, 2.24) is 9.97 Å². The Morgan fingerprint density at radius 2 is 2.06 bits per heavy atom. The van der Waals surface area contributed by atoms with Gasteiger partial charge in [0.1, 0.15) is 5.76 Å². The number of aromatic nitrogens is 2. The first-order valence-electron chi connectivity index (χ1n) is 6.07. The average molecular weight is 242 g/mol. The average Bonchev–Trinajstić information content (AvgIpc) is 2.47. The zero-order chi connectivity index (χ0) is 12.4. The van der Waals surface area contributed by atoms with Gasteiger partial charge in [0, 0.05) is 0 Å². The number of hydrogen-bond acceptors (Lipinski definition) is 4. The summed E-state index contributed by atoms with van der Waals surface area (Å²) in [7, 11) is 0. The molecule has 0 saturated heterocycles. The van der Waals surface area contributed by atoms with Crippen molar-refractivity contribution in [2.75, 3.05) is 6.61 Å². The van der Waals surface area contributed by atoms with Crippen LogP contribution in [0, 0.1) is 0 Å². The van der Waals surface area contributed by atoms with Gasteiger partial charge in [-0.3, -0.25) is 4.98 Å². The number of allylic oxidation sites excluding steroid dienone is 1. The molecule has 4 nitrogen and oxygen atoms in total. The minimum Gasteiger partial charge on any atom is -0.495 e. The van der Waals surface area contributed by atoms with Crippen molar-refractivity contribution in [3.8, 4) is 0 Å². The van der Waals surface area contributed by atoms with Gasteiger partial charge in [0.15, 0.2) is 6.10 Å². The molecule has 1 N–H and O–H groups in total. The fourth-order valence-corrected chi connectivity index (χ4v) is 2.02. The van der Waals surface area contributed by atoms with Crippen molar-refractivity contribution < 1.29 is 9.84 Å². The third kappa shape index (κ3) is 2.07. The quantitative estimate of drug-likeness (QED) is 0.878. The number of hydrogen-bond donors (Lipinski definition) is 1. The minimum atomic E-state index is -0.817. The second kappa shape index (κ2) is 4.74. The van der Waals surface area contributed by atoms with Crippen molar-refractivity contribution in [1.29, 1.82) is 0 Å². The molecule has 3 rings (SSSR count). The number of benzene rings is 1. The SMILES string of the molecule is OC(C1=CCCCO1)c1cnc2ccccc2n1. The van der Waals surface area contributed by atoms with Crippen molar-refractivity contribution in [3.63, 3.8) is 0 Å². The van der Waals surface area contributed by atoms with E-state index in [4.69, 9.17) is 4.74 Å². The Bertz CT molecular complexity index is 595. The largest absolute Gasteiger partial charge is 0.495 e. The number of fused-ring (bicyclic) bond motifs is 1. The molecule has 1 aromatic heterocycles. The monoisotopic (exact) mass is 242 g/mol. The summed E-state index contributed by atoms with van der Waals surface area (Å²) in [5.41, 5.74) is 2.14. The fraction of sp³-hybridized carbons (Fsp3) is 0.286. The normalized spacial score (nSPS) is 17.1. The Kier molecular flexibility index (Phi) is 2.94. The third-order valence-electron chi connectivity index (χ3n) is 2.98. The summed E-state index contributed by atoms with van der Waals surface area (Å²) in [5, 5.41) is 10.2. The molecule has 0 saturated carbocycles. The van der Waals surface area contributed by atoms with Crippen molar-refractivity contribution in [2.45, 2.75) is 18.9 Å². The van der Waals surface area contributed by atoms with Crippen LogP contribution in [0.15, 0.2) is 42.3 Å². The summed E-state index contributed by atoms with van der Waals surface area (Å²) < 4.78 is 5.45. The zero-order valence-electron chi connectivity index (χ0n) is 9.91. The van der Waals surface area contributed by atoms with Gasteiger partial charge < -0.3 is 9.84 Å². The van der Waals surface area contributed by atoms with Crippen LogP contribution in [0.25, 0.3) is 11.0 Å². The highest BCUT2D eigenvalue weighted by molar-refractivity contribution is 5.73. The summed E-state index contributed by atoms with van der Waals surface area (Å²) in [6, 6.07) is 7.60. The van der Waals surface area contributed by atoms with Gasteiger partial charge in [0.25, 0.3) is 0 Å². The molecule has 1 unspecified atom stereocenters. The summed E-state index contributed by atoms with van der Waals surface area (Å²) in [6.07, 6.45) is 4.64. The van der Waals surface area contributed by atoms with E-state index in [1.165, 1.54) is 0 Å². The van der Waals surface area contributed by atoms with Crippen molar-refractivity contribution >= 4 is 11.0 Å². The van der Waals surface area contributed by atoms with E-state index in [1.54, 1.807) is 6.20 Å². The maximum Gasteiger partial charge on any atom is 0.154 e. The van der Waals surface area contributed by atoms with Gasteiger partial charge in [-0.1, -0.05) is 12.1 Å². The molecule has 0 amide bonds. The predicted molar refractivity (Wildman–Crippen MR) is 67.8 cm³/mol. The van der Waals surface area contributed by atoms with Crippen LogP contribution in [0.2, 0.25) is 0 Å². The van der Waals surface area contributed by atoms with Gasteiger partial charge in [0.05, 0.1) is 29.5 Å². The topological polar surface area (TPSA) is 55.2 Å². The number of aliphatic hydroxyl groups is 1. The lowest BCUT2D eigenvalue weighted by Crippen LogP contribution is -2.11. The first kappa shape index (κ1) is 11.2. The molecular formula is C14H14N2O2. The molecule has 0 radical (unpaired) electrons. The van der Waals surface area contributed by atoms with E-state index in [2.05, 4.69) is 9.97 Å². The Morgan fingerprint density at radius 1 is 1.22 bits per heavy atom. The minimum absolute atomic E-state index is 0.529. The van der Waals surface area contributed by atoms with Crippen LogP contribution < -0.4 is 0 Å². The smallest absolute Gasteiger partial charge is 0.154 e. The molecule has 0 spiro atoms. The van der Waals surface area contributed by atoms with E-state index in [-0.39, 0.29) is 0 Å². The van der Waals surface area contributed by atoms with Gasteiger partial charge in [-0.2, -0.15) is 0 Å². The van der Waals surface area contributed by atoms with Crippen LogP contribution in [0.5, 0.6) is 0 Å². The number of aliphatic hydroxyl groups excluding tert-OH is 1. The molecule has 0 bridgehead atoms. The molecular weight excluding hydrogens is 228 g/mol. The van der Waals surface area contributed by atoms with Crippen LogP contribution in [0.1, 0.15) is 24.6 Å². The molecule has 2 heterocycles. The summed E-state index contributed by atoms with van der Waals surface area (Å²) in [6.45, 7) is 0.657. The highest BCUT2D eigenvalue weighted by atomic mass is 16.5. The van der Waals surface area contributed by atoms with Crippen molar-refractivity contribution in [3.05, 3.63) is 48.0 Å². The van der Waals surface area contributed by atoms with Crippen molar-refractivity contribution in [2.24, 2.45) is 0 Å². The molecule has 4 heteroatoms. The zero-order valence-corrected chi connectivity index (χ0v) is 9.91. The second-order valence-corrected chi connectivity index (χ2v) is 4.28. The summed E-state index contributed by atoms with van der Waals surface area (Å²) in [4.78, 5) is 8.71. The lowest BCUT2D eigenvalue weighted by molar-refractivity contribution is 0.0894. The molecule has 1 aromatic carbocycles. The predicted octanol–water partition coefficient (Wildman–Crippen LogP) is 2.36. The molecule has 1 aliphatic heterocycles. The first-order valence-corrected chi connectivity index (χ1v) is 6.07.